The van der Waals surface area contributed by atoms with E-state index in [2.05, 4.69) is 40.7 Å². The van der Waals surface area contributed by atoms with E-state index in [0.717, 1.165) is 4.90 Å². The van der Waals surface area contributed by atoms with Gasteiger partial charge in [0.05, 0.1) is 17.5 Å². The van der Waals surface area contributed by atoms with Gasteiger partial charge < -0.3 is 24.8 Å². The number of carbonyl (C=O) groups excluding carboxylic acids is 4. The fourth-order valence-electron chi connectivity index (χ4n) is 3.16. The van der Waals surface area contributed by atoms with E-state index in [1.165, 1.54) is 4.90 Å². The number of hydrogen-bond donors (Lipinski definition) is 4. The third-order valence-corrected chi connectivity index (χ3v) is 5.68. The van der Waals surface area contributed by atoms with Crippen molar-refractivity contribution in [2.75, 3.05) is 26.3 Å². The van der Waals surface area contributed by atoms with Crippen LogP contribution in [0, 0.1) is 0 Å². The molecule has 0 aliphatic carbocycles. The van der Waals surface area contributed by atoms with E-state index in [4.69, 9.17) is 19.7 Å². The van der Waals surface area contributed by atoms with Gasteiger partial charge in [0.1, 0.15) is 36.5 Å². The first-order valence-corrected chi connectivity index (χ1v) is 12.5. The topological polar surface area (TPSA) is 166 Å². The molecule has 0 saturated carbocycles. The average Bonchev–Trinajstić information content (AvgIpc) is 3.37. The quantitative estimate of drug-likeness (QED) is 0.159. The zero-order valence-corrected chi connectivity index (χ0v) is 24.3. The van der Waals surface area contributed by atoms with Crippen molar-refractivity contribution < 1.29 is 44.0 Å². The molecule has 4 atom stereocenters. The number of likely N-dealkylation sites (tertiary alicyclic amines) is 1. The zero-order chi connectivity index (χ0) is 29.1. The van der Waals surface area contributed by atoms with Crippen LogP contribution in [0.1, 0.15) is 41.5 Å². The van der Waals surface area contributed by atoms with Crippen LogP contribution in [-0.2, 0) is 19.1 Å². The van der Waals surface area contributed by atoms with Crippen molar-refractivity contribution in [3.8, 4) is 0 Å². The van der Waals surface area contributed by atoms with Crippen molar-refractivity contribution in [2.45, 2.75) is 75.8 Å². The Labute approximate surface area is 232 Å². The molecule has 2 heterocycles. The number of ketones is 2. The van der Waals surface area contributed by atoms with Crippen LogP contribution >= 0.6 is 28.7 Å². The number of nitrogens with zero attached hydrogens (tertiary/aromatic N) is 3. The summed E-state index contributed by atoms with van der Waals surface area (Å²) in [5.74, 6) is -0.932. The van der Waals surface area contributed by atoms with E-state index < -0.39 is 71.2 Å². The Morgan fingerprint density at radius 2 is 1.43 bits per heavy atom. The molecule has 2 aliphatic heterocycles. The Morgan fingerprint density at radius 3 is 1.84 bits per heavy atom. The standard InChI is InChI=1S/C11H18BrNO5.C11H17NO4.BHNS/c1-11(2,3)18-10(17)13-4-6(15)8(12)9(13)7(16)5-14;1-11(2,3)16-10(15)12-6-4-5-8(12)9(14)7-13;1-2-3/h6,8-9,14-15H,4-5H2,1-3H3;4-5,8,13H,6-7H2,1-3H3;3H/t6-,8+,9-;8-;/m10./s1. The van der Waals surface area contributed by atoms with Crippen LogP contribution in [0.5, 0.6) is 0 Å². The predicted molar refractivity (Wildman–Crippen MR) is 143 cm³/mol. The molecule has 12 nitrogen and oxygen atoms in total. The molecule has 15 heteroatoms. The van der Waals surface area contributed by atoms with Gasteiger partial charge in [-0.1, -0.05) is 28.1 Å². The van der Waals surface area contributed by atoms with Gasteiger partial charge in [-0.3, -0.25) is 19.4 Å². The number of ether oxygens (including phenoxy) is 2. The van der Waals surface area contributed by atoms with Gasteiger partial charge in [-0.2, -0.15) is 0 Å². The molecule has 0 bridgehead atoms. The maximum atomic E-state index is 11.9. The predicted octanol–water partition coefficient (Wildman–Crippen LogP) is 1.20. The molecule has 0 spiro atoms. The second-order valence-corrected chi connectivity index (χ2v) is 11.2. The molecule has 2 rings (SSSR count). The van der Waals surface area contributed by atoms with Gasteiger partial charge in [0.25, 0.3) is 0 Å². The first kappa shape index (κ1) is 35.2. The van der Waals surface area contributed by atoms with Crippen LogP contribution in [0.15, 0.2) is 16.5 Å². The van der Waals surface area contributed by atoms with Crippen LogP contribution in [0.3, 0.4) is 0 Å². The number of halogens is 1. The molecule has 2 aliphatic rings. The monoisotopic (exact) mass is 608 g/mol. The van der Waals surface area contributed by atoms with Crippen molar-refractivity contribution in [3.05, 3.63) is 12.2 Å². The second-order valence-electron chi connectivity index (χ2n) is 9.96. The summed E-state index contributed by atoms with van der Waals surface area (Å²) in [7, 11) is 4.34. The number of carbonyl (C=O) groups is 4. The van der Waals surface area contributed by atoms with E-state index >= 15 is 0 Å². The summed E-state index contributed by atoms with van der Waals surface area (Å²) in [6.07, 6.45) is 1.24. The van der Waals surface area contributed by atoms with Gasteiger partial charge in [-0.05, 0) is 41.5 Å². The van der Waals surface area contributed by atoms with E-state index in [0.29, 0.717) is 6.54 Å². The Morgan fingerprint density at radius 1 is 1.00 bits per heavy atom. The Hall–Kier alpha value is -1.81. The number of aliphatic hydroxyl groups is 3. The normalized spacial score (nSPS) is 22.8. The van der Waals surface area contributed by atoms with Crippen LogP contribution in [0.25, 0.3) is 0 Å². The SMILES string of the molecule is CC(C)(C)OC(=O)N1CC=C[C@H]1C(=O)CO.CC(C)(C)OC(=O)N1C[C@@H](O)[C@H](Br)[C@H]1C(=O)CO.[B]=NS. The van der Waals surface area contributed by atoms with Gasteiger partial charge in [-0.25, -0.2) is 9.59 Å². The first-order valence-electron chi connectivity index (χ1n) is 11.2. The number of Topliss-reactive ketones (excluding diaryl/α,β-unsaturated/α-hetero) is 2. The van der Waals surface area contributed by atoms with Gasteiger partial charge in [-0.15, -0.1) is 0 Å². The minimum atomic E-state index is -0.903. The summed E-state index contributed by atoms with van der Waals surface area (Å²) < 4.78 is 13.0. The molecule has 1 fully saturated rings. The van der Waals surface area contributed by atoms with Crippen LogP contribution in [0.2, 0.25) is 0 Å². The van der Waals surface area contributed by atoms with Crippen molar-refractivity contribution in [2.24, 2.45) is 4.30 Å². The van der Waals surface area contributed by atoms with Crippen molar-refractivity contribution >= 4 is 60.1 Å². The number of hydrogen-bond acceptors (Lipinski definition) is 11. The van der Waals surface area contributed by atoms with Crippen LogP contribution in [0.4, 0.5) is 9.59 Å². The summed E-state index contributed by atoms with van der Waals surface area (Å²) in [5, 5.41) is 27.4. The number of amides is 2. The number of thiol groups is 1. The van der Waals surface area contributed by atoms with Crippen molar-refractivity contribution in [1.82, 2.24) is 9.80 Å². The number of alkyl halides is 1. The number of β-amino-alcohol motifs (C(OH)–C–C–N with tert-alkyl or cyclic N) is 1. The summed E-state index contributed by atoms with van der Waals surface area (Å²) >= 11 is 6.36. The van der Waals surface area contributed by atoms with Crippen molar-refractivity contribution in [3.63, 3.8) is 0 Å². The van der Waals surface area contributed by atoms with E-state index in [1.54, 1.807) is 53.7 Å². The minimum absolute atomic E-state index is 0.00123. The summed E-state index contributed by atoms with van der Waals surface area (Å²) in [6, 6.07) is -1.60. The average molecular weight is 609 g/mol. The molecule has 0 unspecified atom stereocenters. The van der Waals surface area contributed by atoms with Gasteiger partial charge in [0.2, 0.25) is 0 Å². The second kappa shape index (κ2) is 15.6. The Balaban J connectivity index is 0.000000637. The fraction of sp³-hybridized carbons (Fsp3) is 0.727. The summed E-state index contributed by atoms with van der Waals surface area (Å²) in [4.78, 5) is 48.4. The van der Waals surface area contributed by atoms with E-state index in [1.807, 2.05) is 0 Å². The molecule has 1 saturated heterocycles. The third kappa shape index (κ3) is 12.1. The molecule has 209 valence electrons. The molecule has 0 aromatic heterocycles. The third-order valence-electron chi connectivity index (χ3n) is 4.57. The number of rotatable bonds is 4. The van der Waals surface area contributed by atoms with E-state index in [9.17, 15) is 24.3 Å². The van der Waals surface area contributed by atoms with Gasteiger partial charge in [0.15, 0.2) is 11.6 Å². The molecule has 0 aromatic rings. The van der Waals surface area contributed by atoms with Gasteiger partial charge >= 0.3 is 36.9 Å². The van der Waals surface area contributed by atoms with E-state index in [-0.39, 0.29) is 6.54 Å². The molecular formula is C22H36BBrN3O9S. The van der Waals surface area contributed by atoms with Crippen LogP contribution in [-0.4, -0.2) is 117 Å². The summed E-state index contributed by atoms with van der Waals surface area (Å²) in [5.41, 5.74) is -1.27. The zero-order valence-electron chi connectivity index (χ0n) is 21.8. The van der Waals surface area contributed by atoms with Crippen molar-refractivity contribution in [1.29, 1.82) is 0 Å². The maximum absolute atomic E-state index is 11.9. The Kier molecular flexibility index (Phi) is 14.8. The molecule has 3 N–H and O–H groups in total. The molecule has 2 amide bonds. The molecule has 1 radical (unpaired) electrons. The first-order chi connectivity index (χ1) is 16.9. The molecular weight excluding hydrogens is 573 g/mol. The molecule has 37 heavy (non-hydrogen) atoms. The van der Waals surface area contributed by atoms with Crippen LogP contribution < -0.4 is 0 Å². The fourth-order valence-corrected chi connectivity index (χ4v) is 3.90. The molecule has 0 aromatic carbocycles. The van der Waals surface area contributed by atoms with Gasteiger partial charge in [0, 0.05) is 6.54 Å². The summed E-state index contributed by atoms with van der Waals surface area (Å²) in [6.45, 7) is 9.51. The Bertz CT molecular complexity index is 848. The number of aliphatic hydroxyl groups excluding tert-OH is 3.